The van der Waals surface area contributed by atoms with E-state index in [1.807, 2.05) is 32.9 Å². The minimum absolute atomic E-state index is 0.228. The summed E-state index contributed by atoms with van der Waals surface area (Å²) in [6.45, 7) is 6.40. The van der Waals surface area contributed by atoms with Gasteiger partial charge in [0.25, 0.3) is 0 Å². The van der Waals surface area contributed by atoms with Crippen LogP contribution in [-0.4, -0.2) is 26.9 Å². The van der Waals surface area contributed by atoms with E-state index in [0.717, 1.165) is 11.1 Å². The zero-order valence-corrected chi connectivity index (χ0v) is 12.6. The smallest absolute Gasteiger partial charge is 0.407 e. The SMILES string of the molecule is COc1cc(C)cc(OC)c1[C@H]1NC(=O)OCC1(C)C. The molecule has 1 aliphatic rings. The lowest BCUT2D eigenvalue weighted by Crippen LogP contribution is -2.47. The van der Waals surface area contributed by atoms with E-state index in [2.05, 4.69) is 5.32 Å². The van der Waals surface area contributed by atoms with Gasteiger partial charge >= 0.3 is 6.09 Å². The fourth-order valence-corrected chi connectivity index (χ4v) is 2.51. The number of hydrogen-bond acceptors (Lipinski definition) is 4. The van der Waals surface area contributed by atoms with Crippen molar-refractivity contribution < 1.29 is 19.0 Å². The molecule has 1 N–H and O–H groups in total. The van der Waals surface area contributed by atoms with Crippen molar-refractivity contribution in [1.29, 1.82) is 0 Å². The number of aryl methyl sites for hydroxylation is 1. The third kappa shape index (κ3) is 2.53. The predicted molar refractivity (Wildman–Crippen MR) is 75.3 cm³/mol. The van der Waals surface area contributed by atoms with Crippen LogP contribution in [0.25, 0.3) is 0 Å². The van der Waals surface area contributed by atoms with Gasteiger partial charge in [0, 0.05) is 5.41 Å². The first-order chi connectivity index (χ1) is 9.39. The number of alkyl carbamates (subject to hydrolysis) is 1. The normalized spacial score (nSPS) is 20.9. The molecular weight excluding hydrogens is 258 g/mol. The van der Waals surface area contributed by atoms with E-state index in [0.29, 0.717) is 18.1 Å². The largest absolute Gasteiger partial charge is 0.496 e. The van der Waals surface area contributed by atoms with Gasteiger partial charge in [-0.1, -0.05) is 13.8 Å². The first-order valence-corrected chi connectivity index (χ1v) is 6.55. The molecule has 5 nitrogen and oxygen atoms in total. The Balaban J connectivity index is 2.57. The van der Waals surface area contributed by atoms with E-state index < -0.39 is 6.09 Å². The molecule has 0 saturated carbocycles. The van der Waals surface area contributed by atoms with Crippen LogP contribution in [-0.2, 0) is 4.74 Å². The highest BCUT2D eigenvalue weighted by Gasteiger charge is 2.41. The average Bonchev–Trinajstić information content (AvgIpc) is 2.40. The monoisotopic (exact) mass is 279 g/mol. The van der Waals surface area contributed by atoms with Gasteiger partial charge in [0.05, 0.1) is 25.8 Å². The second-order valence-corrected chi connectivity index (χ2v) is 5.73. The van der Waals surface area contributed by atoms with Gasteiger partial charge in [-0.15, -0.1) is 0 Å². The van der Waals surface area contributed by atoms with Gasteiger partial charge in [0.1, 0.15) is 18.1 Å². The predicted octanol–water partition coefficient (Wildman–Crippen LogP) is 2.82. The van der Waals surface area contributed by atoms with E-state index in [9.17, 15) is 4.79 Å². The number of amides is 1. The Morgan fingerprint density at radius 3 is 2.30 bits per heavy atom. The number of methoxy groups -OCH3 is 2. The molecule has 1 aromatic carbocycles. The van der Waals surface area contributed by atoms with Crippen LogP contribution in [0.5, 0.6) is 11.5 Å². The molecule has 0 unspecified atom stereocenters. The summed E-state index contributed by atoms with van der Waals surface area (Å²) in [4.78, 5) is 11.6. The second kappa shape index (κ2) is 5.23. The van der Waals surface area contributed by atoms with Crippen molar-refractivity contribution in [3.63, 3.8) is 0 Å². The third-order valence-electron chi connectivity index (χ3n) is 3.60. The molecule has 1 atom stereocenters. The number of hydrogen-bond donors (Lipinski definition) is 1. The summed E-state index contributed by atoms with van der Waals surface area (Å²) in [5.74, 6) is 1.42. The highest BCUT2D eigenvalue weighted by atomic mass is 16.6. The van der Waals surface area contributed by atoms with Gasteiger partial charge in [-0.05, 0) is 24.6 Å². The molecule has 0 bridgehead atoms. The molecule has 1 heterocycles. The summed E-state index contributed by atoms with van der Waals surface area (Å²) in [5, 5.41) is 2.87. The molecule has 1 saturated heterocycles. The van der Waals surface area contributed by atoms with E-state index in [1.54, 1.807) is 14.2 Å². The summed E-state index contributed by atoms with van der Waals surface area (Å²) in [6.07, 6.45) is -0.418. The van der Waals surface area contributed by atoms with Crippen LogP contribution in [0.15, 0.2) is 12.1 Å². The van der Waals surface area contributed by atoms with Crippen LogP contribution in [0.4, 0.5) is 4.79 Å². The lowest BCUT2D eigenvalue weighted by atomic mass is 9.79. The van der Waals surface area contributed by atoms with Gasteiger partial charge in [0.2, 0.25) is 0 Å². The molecular formula is C15H21NO4. The molecule has 110 valence electrons. The molecule has 0 aliphatic carbocycles. The van der Waals surface area contributed by atoms with Crippen molar-refractivity contribution in [3.05, 3.63) is 23.3 Å². The highest BCUT2D eigenvalue weighted by Crippen LogP contribution is 2.45. The summed E-state index contributed by atoms with van der Waals surface area (Å²) in [7, 11) is 3.23. The fraction of sp³-hybridized carbons (Fsp3) is 0.533. The van der Waals surface area contributed by atoms with Crippen LogP contribution in [0, 0.1) is 12.3 Å². The van der Waals surface area contributed by atoms with E-state index in [1.165, 1.54) is 0 Å². The molecule has 0 aromatic heterocycles. The van der Waals surface area contributed by atoms with Crippen LogP contribution in [0.3, 0.4) is 0 Å². The van der Waals surface area contributed by atoms with Gasteiger partial charge in [0.15, 0.2) is 0 Å². The lowest BCUT2D eigenvalue weighted by Gasteiger charge is -2.39. The standard InChI is InChI=1S/C15H21NO4/c1-9-6-10(18-4)12(11(7-9)19-5)13-15(2,3)8-20-14(17)16-13/h6-7,13H,8H2,1-5H3,(H,16,17)/t13-/m1/s1. The Morgan fingerprint density at radius 1 is 1.25 bits per heavy atom. The van der Waals surface area contributed by atoms with Gasteiger partial charge in [-0.2, -0.15) is 0 Å². The van der Waals surface area contributed by atoms with Crippen LogP contribution in [0.2, 0.25) is 0 Å². The maximum Gasteiger partial charge on any atom is 0.407 e. The molecule has 0 spiro atoms. The van der Waals surface area contributed by atoms with Crippen LogP contribution < -0.4 is 14.8 Å². The number of carbonyl (C=O) groups is 1. The van der Waals surface area contributed by atoms with Crippen molar-refractivity contribution in [2.75, 3.05) is 20.8 Å². The minimum atomic E-state index is -0.418. The number of benzene rings is 1. The van der Waals surface area contributed by atoms with E-state index in [-0.39, 0.29) is 11.5 Å². The number of nitrogens with one attached hydrogen (secondary N) is 1. The molecule has 20 heavy (non-hydrogen) atoms. The number of carbonyl (C=O) groups excluding carboxylic acids is 1. The summed E-state index contributed by atoms with van der Waals surface area (Å²) in [5.41, 5.74) is 1.63. The molecule has 1 aliphatic heterocycles. The second-order valence-electron chi connectivity index (χ2n) is 5.73. The Labute approximate surface area is 119 Å². The third-order valence-corrected chi connectivity index (χ3v) is 3.60. The molecule has 1 amide bonds. The van der Waals surface area contributed by atoms with Crippen molar-refractivity contribution in [2.24, 2.45) is 5.41 Å². The quantitative estimate of drug-likeness (QED) is 0.924. The van der Waals surface area contributed by atoms with Crippen LogP contribution >= 0.6 is 0 Å². The Hall–Kier alpha value is -1.91. The average molecular weight is 279 g/mol. The minimum Gasteiger partial charge on any atom is -0.496 e. The first-order valence-electron chi connectivity index (χ1n) is 6.55. The van der Waals surface area contributed by atoms with Crippen molar-refractivity contribution in [3.8, 4) is 11.5 Å². The maximum atomic E-state index is 11.6. The highest BCUT2D eigenvalue weighted by molar-refractivity contribution is 5.70. The fourth-order valence-electron chi connectivity index (χ4n) is 2.51. The van der Waals surface area contributed by atoms with E-state index in [4.69, 9.17) is 14.2 Å². The maximum absolute atomic E-state index is 11.6. The molecule has 5 heteroatoms. The van der Waals surface area contributed by atoms with Crippen molar-refractivity contribution in [1.82, 2.24) is 5.32 Å². The van der Waals surface area contributed by atoms with Crippen molar-refractivity contribution in [2.45, 2.75) is 26.8 Å². The zero-order chi connectivity index (χ0) is 14.9. The Kier molecular flexibility index (Phi) is 3.79. The Morgan fingerprint density at radius 2 is 1.80 bits per heavy atom. The van der Waals surface area contributed by atoms with Gasteiger partial charge < -0.3 is 19.5 Å². The topological polar surface area (TPSA) is 56.8 Å². The summed E-state index contributed by atoms with van der Waals surface area (Å²) < 4.78 is 16.0. The number of rotatable bonds is 3. The Bertz CT molecular complexity index is 500. The number of cyclic esters (lactones) is 1. The van der Waals surface area contributed by atoms with Gasteiger partial charge in [-0.25, -0.2) is 4.79 Å². The summed E-state index contributed by atoms with van der Waals surface area (Å²) in [6, 6.07) is 3.65. The van der Waals surface area contributed by atoms with E-state index >= 15 is 0 Å². The zero-order valence-electron chi connectivity index (χ0n) is 12.6. The molecule has 1 aromatic rings. The molecule has 1 fully saturated rings. The van der Waals surface area contributed by atoms with Crippen LogP contribution in [0.1, 0.15) is 31.0 Å². The number of ether oxygens (including phenoxy) is 3. The molecule has 0 radical (unpaired) electrons. The first kappa shape index (κ1) is 14.5. The lowest BCUT2D eigenvalue weighted by molar-refractivity contribution is 0.0374. The summed E-state index contributed by atoms with van der Waals surface area (Å²) >= 11 is 0. The van der Waals surface area contributed by atoms with Crippen molar-refractivity contribution >= 4 is 6.09 Å². The molecule has 2 rings (SSSR count). The van der Waals surface area contributed by atoms with Gasteiger partial charge in [-0.3, -0.25) is 0 Å².